The smallest absolute Gasteiger partial charge is 0.343 e. The first-order valence-corrected chi connectivity index (χ1v) is 11.0. The van der Waals surface area contributed by atoms with Crippen LogP contribution in [0.5, 0.6) is 11.5 Å². The van der Waals surface area contributed by atoms with Gasteiger partial charge in [-0.15, -0.1) is 0 Å². The van der Waals surface area contributed by atoms with E-state index < -0.39 is 5.97 Å². The monoisotopic (exact) mass is 463 g/mol. The van der Waals surface area contributed by atoms with Gasteiger partial charge in [-0.05, 0) is 47.0 Å². The molecule has 0 radical (unpaired) electrons. The molecule has 7 nitrogen and oxygen atoms in total. The molecule has 0 N–H and O–H groups in total. The molecule has 2 amide bonds. The number of hydrogen-bond donors (Lipinski definition) is 0. The van der Waals surface area contributed by atoms with Gasteiger partial charge in [0.1, 0.15) is 18.1 Å². The second-order valence-corrected chi connectivity index (χ2v) is 8.09. The molecule has 1 aliphatic rings. The van der Waals surface area contributed by atoms with Crippen molar-refractivity contribution in [3.8, 4) is 11.5 Å². The SMILES string of the molecule is COC(=O)COc1ccc(/C=C2\SC(=O)N(CCOc3cccc4ccccc34)C2=O)cc1. The minimum atomic E-state index is -0.475. The number of carbonyl (C=O) groups excluding carboxylic acids is 3. The highest BCUT2D eigenvalue weighted by molar-refractivity contribution is 8.18. The van der Waals surface area contributed by atoms with Crippen molar-refractivity contribution < 1.29 is 28.6 Å². The molecular formula is C25H21NO6S. The maximum atomic E-state index is 12.7. The van der Waals surface area contributed by atoms with Gasteiger partial charge in [0.2, 0.25) is 0 Å². The van der Waals surface area contributed by atoms with Crippen LogP contribution in [0.3, 0.4) is 0 Å². The lowest BCUT2D eigenvalue weighted by atomic mass is 10.1. The number of imide groups is 1. The summed E-state index contributed by atoms with van der Waals surface area (Å²) in [5.41, 5.74) is 0.734. The fourth-order valence-corrected chi connectivity index (χ4v) is 4.14. The van der Waals surface area contributed by atoms with Crippen molar-refractivity contribution >= 4 is 45.7 Å². The summed E-state index contributed by atoms with van der Waals surface area (Å²) in [6, 6.07) is 20.5. The fraction of sp³-hybridized carbons (Fsp3) is 0.160. The van der Waals surface area contributed by atoms with Gasteiger partial charge in [0.25, 0.3) is 11.1 Å². The molecule has 0 aliphatic carbocycles. The van der Waals surface area contributed by atoms with Gasteiger partial charge in [0.15, 0.2) is 6.61 Å². The van der Waals surface area contributed by atoms with Gasteiger partial charge in [-0.2, -0.15) is 0 Å². The summed E-state index contributed by atoms with van der Waals surface area (Å²) < 4.78 is 15.7. The van der Waals surface area contributed by atoms with Gasteiger partial charge in [-0.25, -0.2) is 4.79 Å². The van der Waals surface area contributed by atoms with E-state index in [0.29, 0.717) is 16.4 Å². The minimum Gasteiger partial charge on any atom is -0.491 e. The number of esters is 1. The van der Waals surface area contributed by atoms with E-state index in [2.05, 4.69) is 4.74 Å². The average molecular weight is 464 g/mol. The first-order chi connectivity index (χ1) is 16.0. The summed E-state index contributed by atoms with van der Waals surface area (Å²) in [7, 11) is 1.29. The number of thioether (sulfide) groups is 1. The van der Waals surface area contributed by atoms with Gasteiger partial charge in [-0.3, -0.25) is 14.5 Å². The zero-order valence-electron chi connectivity index (χ0n) is 17.9. The van der Waals surface area contributed by atoms with E-state index >= 15 is 0 Å². The molecule has 1 fully saturated rings. The Morgan fingerprint density at radius 1 is 0.970 bits per heavy atom. The number of hydrogen-bond acceptors (Lipinski definition) is 7. The molecule has 0 spiro atoms. The quantitative estimate of drug-likeness (QED) is 0.359. The molecule has 168 valence electrons. The number of nitrogens with zero attached hydrogens (tertiary/aromatic N) is 1. The lowest BCUT2D eigenvalue weighted by Crippen LogP contribution is -2.32. The molecule has 8 heteroatoms. The number of ether oxygens (including phenoxy) is 3. The zero-order chi connectivity index (χ0) is 23.2. The number of amides is 2. The van der Waals surface area contributed by atoms with Crippen LogP contribution in [0.1, 0.15) is 5.56 Å². The van der Waals surface area contributed by atoms with Gasteiger partial charge in [0, 0.05) is 5.39 Å². The van der Waals surface area contributed by atoms with E-state index in [1.165, 1.54) is 12.0 Å². The van der Waals surface area contributed by atoms with Crippen molar-refractivity contribution in [2.24, 2.45) is 0 Å². The summed E-state index contributed by atoms with van der Waals surface area (Å²) >= 11 is 0.897. The van der Waals surface area contributed by atoms with E-state index in [1.54, 1.807) is 30.3 Å². The maximum absolute atomic E-state index is 12.7. The predicted molar refractivity (Wildman–Crippen MR) is 126 cm³/mol. The van der Waals surface area contributed by atoms with E-state index in [9.17, 15) is 14.4 Å². The van der Waals surface area contributed by atoms with E-state index in [1.807, 2.05) is 42.5 Å². The summed E-state index contributed by atoms with van der Waals surface area (Å²) in [6.45, 7) is 0.173. The Bertz CT molecular complexity index is 1220. The van der Waals surface area contributed by atoms with E-state index in [0.717, 1.165) is 28.1 Å². The van der Waals surface area contributed by atoms with Crippen molar-refractivity contribution in [3.63, 3.8) is 0 Å². The third-order valence-electron chi connectivity index (χ3n) is 4.96. The second kappa shape index (κ2) is 10.2. The first kappa shape index (κ1) is 22.4. The molecule has 1 saturated heterocycles. The third-order valence-corrected chi connectivity index (χ3v) is 5.87. The molecule has 0 unspecified atom stereocenters. The van der Waals surface area contributed by atoms with Crippen LogP contribution in [0.15, 0.2) is 71.6 Å². The average Bonchev–Trinajstić information content (AvgIpc) is 3.10. The van der Waals surface area contributed by atoms with Crippen LogP contribution in [0.4, 0.5) is 4.79 Å². The van der Waals surface area contributed by atoms with Crippen LogP contribution >= 0.6 is 11.8 Å². The second-order valence-electron chi connectivity index (χ2n) is 7.09. The molecule has 1 aliphatic heterocycles. The summed E-state index contributed by atoms with van der Waals surface area (Å²) in [5.74, 6) is 0.385. The topological polar surface area (TPSA) is 82.1 Å². The number of rotatable bonds is 8. The molecule has 0 aromatic heterocycles. The molecule has 0 bridgehead atoms. The molecular weight excluding hydrogens is 442 g/mol. The summed E-state index contributed by atoms with van der Waals surface area (Å²) in [6.07, 6.45) is 1.65. The Morgan fingerprint density at radius 2 is 1.73 bits per heavy atom. The van der Waals surface area contributed by atoms with Crippen molar-refractivity contribution in [3.05, 3.63) is 77.2 Å². The first-order valence-electron chi connectivity index (χ1n) is 10.2. The largest absolute Gasteiger partial charge is 0.491 e. The van der Waals surface area contributed by atoms with Gasteiger partial charge >= 0.3 is 5.97 Å². The Balaban J connectivity index is 1.36. The number of methoxy groups -OCH3 is 1. The molecule has 0 saturated carbocycles. The highest BCUT2D eigenvalue weighted by atomic mass is 32.2. The van der Waals surface area contributed by atoms with Crippen LogP contribution in [0.2, 0.25) is 0 Å². The number of fused-ring (bicyclic) bond motifs is 1. The molecule has 4 rings (SSSR count). The minimum absolute atomic E-state index is 0.158. The lowest BCUT2D eigenvalue weighted by molar-refractivity contribution is -0.142. The Hall–Kier alpha value is -3.78. The molecule has 0 atom stereocenters. The van der Waals surface area contributed by atoms with Crippen molar-refractivity contribution in [1.29, 1.82) is 0 Å². The Kier molecular flexibility index (Phi) is 6.95. The van der Waals surface area contributed by atoms with Crippen LogP contribution in [0.25, 0.3) is 16.8 Å². The Morgan fingerprint density at radius 3 is 2.52 bits per heavy atom. The highest BCUT2D eigenvalue weighted by Gasteiger charge is 2.34. The van der Waals surface area contributed by atoms with E-state index in [-0.39, 0.29) is 30.9 Å². The van der Waals surface area contributed by atoms with Crippen LogP contribution in [-0.4, -0.2) is 48.9 Å². The normalized spacial score (nSPS) is 14.7. The van der Waals surface area contributed by atoms with Gasteiger partial charge < -0.3 is 14.2 Å². The van der Waals surface area contributed by atoms with Crippen LogP contribution in [-0.2, 0) is 14.3 Å². The third kappa shape index (κ3) is 5.35. The molecule has 3 aromatic carbocycles. The lowest BCUT2D eigenvalue weighted by Gasteiger charge is -2.14. The Labute approximate surface area is 194 Å². The van der Waals surface area contributed by atoms with Crippen LogP contribution in [0, 0.1) is 0 Å². The van der Waals surface area contributed by atoms with Gasteiger partial charge in [0.05, 0.1) is 18.6 Å². The highest BCUT2D eigenvalue weighted by Crippen LogP contribution is 2.32. The summed E-state index contributed by atoms with van der Waals surface area (Å²) in [5, 5.41) is 1.71. The number of benzene rings is 3. The number of carbonyl (C=O) groups is 3. The molecule has 3 aromatic rings. The van der Waals surface area contributed by atoms with Crippen LogP contribution < -0.4 is 9.47 Å². The van der Waals surface area contributed by atoms with Gasteiger partial charge in [-0.1, -0.05) is 48.5 Å². The zero-order valence-corrected chi connectivity index (χ0v) is 18.7. The van der Waals surface area contributed by atoms with E-state index in [4.69, 9.17) is 9.47 Å². The molecule has 1 heterocycles. The van der Waals surface area contributed by atoms with Crippen molar-refractivity contribution in [2.45, 2.75) is 0 Å². The summed E-state index contributed by atoms with van der Waals surface area (Å²) in [4.78, 5) is 37.8. The van der Waals surface area contributed by atoms with Crippen molar-refractivity contribution in [1.82, 2.24) is 4.90 Å². The standard InChI is InChI=1S/C25H21NO6S/c1-30-23(27)16-32-19-11-9-17(10-12-19)15-22-24(28)26(25(29)33-22)13-14-31-21-8-4-6-18-5-2-3-7-20(18)21/h2-12,15H,13-14,16H2,1H3/b22-15-. The maximum Gasteiger partial charge on any atom is 0.343 e. The fourth-order valence-electron chi connectivity index (χ4n) is 3.27. The molecule has 33 heavy (non-hydrogen) atoms. The predicted octanol–water partition coefficient (Wildman–Crippen LogP) is 4.51. The van der Waals surface area contributed by atoms with Crippen molar-refractivity contribution in [2.75, 3.05) is 26.9 Å².